The van der Waals surface area contributed by atoms with E-state index in [0.717, 1.165) is 28.2 Å². The van der Waals surface area contributed by atoms with Gasteiger partial charge in [0.1, 0.15) is 16.4 Å². The summed E-state index contributed by atoms with van der Waals surface area (Å²) < 4.78 is 40.9. The van der Waals surface area contributed by atoms with Crippen molar-refractivity contribution in [3.05, 3.63) is 74.5 Å². The first-order valence-electron chi connectivity index (χ1n) is 8.56. The lowest BCUT2D eigenvalue weighted by atomic mass is 10.2. The van der Waals surface area contributed by atoms with Crippen LogP contribution in [0.2, 0.25) is 9.36 Å². The molecule has 0 fully saturated rings. The Morgan fingerprint density at radius 2 is 1.91 bits per heavy atom. The van der Waals surface area contributed by atoms with Gasteiger partial charge >= 0.3 is 6.03 Å². The van der Waals surface area contributed by atoms with Crippen LogP contribution in [0.25, 0.3) is 16.7 Å². The Bertz CT molecular complexity index is 1540. The summed E-state index contributed by atoms with van der Waals surface area (Å²) >= 11 is 12.7. The number of fused-ring (bicyclic) bond motifs is 1. The van der Waals surface area contributed by atoms with Gasteiger partial charge in [-0.15, -0.1) is 11.3 Å². The van der Waals surface area contributed by atoms with Gasteiger partial charge in [0.15, 0.2) is 5.82 Å². The molecule has 0 spiro atoms. The first-order valence-corrected chi connectivity index (χ1v) is 11.6. The number of anilines is 1. The minimum atomic E-state index is -4.12. The number of hydrogen-bond donors (Lipinski definition) is 2. The van der Waals surface area contributed by atoms with Gasteiger partial charge in [0.2, 0.25) is 0 Å². The first-order chi connectivity index (χ1) is 15.1. The van der Waals surface area contributed by atoms with Crippen molar-refractivity contribution in [2.75, 3.05) is 5.32 Å². The highest BCUT2D eigenvalue weighted by Gasteiger charge is 2.20. The van der Waals surface area contributed by atoms with Crippen LogP contribution in [-0.2, 0) is 10.0 Å². The molecule has 0 unspecified atom stereocenters. The average Bonchev–Trinajstić information content (AvgIpc) is 3.16. The molecule has 0 aliphatic heterocycles. The third kappa shape index (κ3) is 4.43. The van der Waals surface area contributed by atoms with Crippen molar-refractivity contribution < 1.29 is 17.6 Å². The number of halogens is 3. The van der Waals surface area contributed by atoms with Crippen LogP contribution >= 0.6 is 34.5 Å². The smallest absolute Gasteiger partial charge is 0.306 e. The van der Waals surface area contributed by atoms with Crippen LogP contribution < -0.4 is 15.6 Å². The average molecular weight is 514 g/mol. The molecule has 0 radical (unpaired) electrons. The van der Waals surface area contributed by atoms with Crippen LogP contribution in [0.1, 0.15) is 0 Å². The summed E-state index contributed by atoms with van der Waals surface area (Å²) in [5, 5.41) is 2.28. The number of benzene rings is 1. The third-order valence-corrected chi connectivity index (χ3v) is 7.40. The highest BCUT2D eigenvalue weighted by Crippen LogP contribution is 2.25. The van der Waals surface area contributed by atoms with Crippen LogP contribution in [-0.4, -0.2) is 29.0 Å². The van der Waals surface area contributed by atoms with Crippen molar-refractivity contribution in [1.29, 1.82) is 0 Å². The number of carbonyl (C=O) groups excluding carboxylic acids is 1. The summed E-state index contributed by atoms with van der Waals surface area (Å²) in [4.78, 5) is 32.9. The minimum Gasteiger partial charge on any atom is -0.306 e. The van der Waals surface area contributed by atoms with Gasteiger partial charge in [-0.3, -0.25) is 4.79 Å². The second-order valence-electron chi connectivity index (χ2n) is 6.23. The maximum absolute atomic E-state index is 13.5. The molecule has 4 aromatic rings. The zero-order valence-electron chi connectivity index (χ0n) is 15.5. The lowest BCUT2D eigenvalue weighted by Crippen LogP contribution is -2.34. The van der Waals surface area contributed by atoms with Crippen LogP contribution in [0.15, 0.2) is 57.9 Å². The zero-order chi connectivity index (χ0) is 23.0. The maximum atomic E-state index is 13.5. The van der Waals surface area contributed by atoms with Gasteiger partial charge in [-0.05, 0) is 36.4 Å². The fourth-order valence-electron chi connectivity index (χ4n) is 2.69. The molecule has 0 aliphatic rings. The van der Waals surface area contributed by atoms with Crippen molar-refractivity contribution in [3.8, 4) is 5.82 Å². The molecule has 32 heavy (non-hydrogen) atoms. The lowest BCUT2D eigenvalue weighted by molar-refractivity contribution is 0.256. The first kappa shape index (κ1) is 22.1. The van der Waals surface area contributed by atoms with Crippen molar-refractivity contribution in [2.45, 2.75) is 4.21 Å². The number of urea groups is 1. The predicted molar refractivity (Wildman–Crippen MR) is 119 cm³/mol. The summed E-state index contributed by atoms with van der Waals surface area (Å²) in [6.45, 7) is 0. The van der Waals surface area contributed by atoms with E-state index in [4.69, 9.17) is 23.2 Å². The summed E-state index contributed by atoms with van der Waals surface area (Å²) in [7, 11) is -4.12. The predicted octanol–water partition coefficient (Wildman–Crippen LogP) is 3.80. The number of thiophene rings is 1. The van der Waals surface area contributed by atoms with E-state index < -0.39 is 27.4 Å². The minimum absolute atomic E-state index is 0.0119. The summed E-state index contributed by atoms with van der Waals surface area (Å²) in [5.41, 5.74) is -0.237. The number of carbonyl (C=O) groups is 1. The van der Waals surface area contributed by atoms with Crippen LogP contribution in [0.4, 0.5) is 14.9 Å². The molecule has 1 aromatic carbocycles. The molecular weight excluding hydrogens is 504 g/mol. The molecule has 0 saturated heterocycles. The number of sulfonamides is 1. The topological polar surface area (TPSA) is 123 Å². The standard InChI is InChI=1S/C18H10Cl2FN5O4S2/c19-12-6-10(24-18(28)25-32(29,30)15-4-3-14(20)31-15)7-22-16(12)26-8-23-13-2-1-9(21)5-11(13)17(26)27/h1-8H,(H2,24,25,28). The van der Waals surface area contributed by atoms with Crippen molar-refractivity contribution in [3.63, 3.8) is 0 Å². The Hall–Kier alpha value is -3.06. The van der Waals surface area contributed by atoms with E-state index in [2.05, 4.69) is 15.3 Å². The van der Waals surface area contributed by atoms with Crippen molar-refractivity contribution >= 4 is 67.2 Å². The van der Waals surface area contributed by atoms with E-state index in [-0.39, 0.29) is 30.5 Å². The number of hydrogen-bond acceptors (Lipinski definition) is 7. The molecule has 2 N–H and O–H groups in total. The van der Waals surface area contributed by atoms with Crippen LogP contribution in [0, 0.1) is 5.82 Å². The number of amides is 2. The molecule has 3 aromatic heterocycles. The molecule has 3 heterocycles. The molecule has 0 bridgehead atoms. The Balaban J connectivity index is 1.58. The van der Waals surface area contributed by atoms with E-state index in [9.17, 15) is 22.4 Å². The summed E-state index contributed by atoms with van der Waals surface area (Å²) in [5.74, 6) is -0.610. The third-order valence-electron chi connectivity index (χ3n) is 4.07. The second-order valence-corrected chi connectivity index (χ2v) is 10.3. The fraction of sp³-hybridized carbons (Fsp3) is 0. The van der Waals surface area contributed by atoms with Crippen LogP contribution in [0.5, 0.6) is 0 Å². The van der Waals surface area contributed by atoms with Gasteiger partial charge in [0.05, 0.1) is 32.1 Å². The lowest BCUT2D eigenvalue weighted by Gasteiger charge is -2.11. The number of aromatic nitrogens is 3. The number of pyridine rings is 1. The van der Waals surface area contributed by atoms with Gasteiger partial charge in [-0.2, -0.15) is 0 Å². The van der Waals surface area contributed by atoms with Gasteiger partial charge in [-0.1, -0.05) is 23.2 Å². The molecule has 0 atom stereocenters. The highest BCUT2D eigenvalue weighted by atomic mass is 35.5. The Kier molecular flexibility index (Phi) is 5.86. The zero-order valence-corrected chi connectivity index (χ0v) is 18.7. The van der Waals surface area contributed by atoms with E-state index in [1.165, 1.54) is 36.7 Å². The van der Waals surface area contributed by atoms with Crippen molar-refractivity contribution in [2.24, 2.45) is 0 Å². The molecule has 164 valence electrons. The SMILES string of the molecule is O=C(Nc1cnc(-n2cnc3ccc(F)cc3c2=O)c(Cl)c1)NS(=O)(=O)c1ccc(Cl)s1. The molecule has 2 amide bonds. The van der Waals surface area contributed by atoms with Crippen molar-refractivity contribution in [1.82, 2.24) is 19.3 Å². The Labute approximate surface area is 193 Å². The Morgan fingerprint density at radius 3 is 2.59 bits per heavy atom. The number of rotatable bonds is 4. The molecule has 9 nitrogen and oxygen atoms in total. The highest BCUT2D eigenvalue weighted by molar-refractivity contribution is 7.92. The molecule has 14 heteroatoms. The summed E-state index contributed by atoms with van der Waals surface area (Å²) in [6, 6.07) is 6.46. The van der Waals surface area contributed by atoms with E-state index in [1.807, 2.05) is 4.72 Å². The fourth-order valence-corrected chi connectivity index (χ4v) is 5.34. The quantitative estimate of drug-likeness (QED) is 0.427. The van der Waals surface area contributed by atoms with E-state index in [0.29, 0.717) is 5.52 Å². The van der Waals surface area contributed by atoms with E-state index in [1.54, 1.807) is 0 Å². The van der Waals surface area contributed by atoms with Gasteiger partial charge in [0.25, 0.3) is 15.6 Å². The maximum Gasteiger partial charge on any atom is 0.333 e. The normalized spacial score (nSPS) is 11.5. The van der Waals surface area contributed by atoms with Gasteiger partial charge in [0, 0.05) is 0 Å². The molecule has 0 aliphatic carbocycles. The molecular formula is C18H10Cl2FN5O4S2. The Morgan fingerprint density at radius 1 is 1.12 bits per heavy atom. The summed E-state index contributed by atoms with van der Waals surface area (Å²) in [6.07, 6.45) is 2.35. The largest absolute Gasteiger partial charge is 0.333 e. The number of nitrogens with one attached hydrogen (secondary N) is 2. The monoisotopic (exact) mass is 513 g/mol. The van der Waals surface area contributed by atoms with E-state index >= 15 is 0 Å². The molecule has 0 saturated carbocycles. The second kappa shape index (κ2) is 8.47. The van der Waals surface area contributed by atoms with Crippen LogP contribution in [0.3, 0.4) is 0 Å². The number of nitrogens with zero attached hydrogens (tertiary/aromatic N) is 3. The van der Waals surface area contributed by atoms with Gasteiger partial charge < -0.3 is 5.32 Å². The molecule has 4 rings (SSSR count). The van der Waals surface area contributed by atoms with Gasteiger partial charge in [-0.25, -0.2) is 36.9 Å².